The third-order valence-electron chi connectivity index (χ3n) is 8.39. The van der Waals surface area contributed by atoms with E-state index in [0.29, 0.717) is 50.4 Å². The Balaban J connectivity index is 1.39. The Morgan fingerprint density at radius 3 is 1.55 bits per heavy atom. The van der Waals surface area contributed by atoms with Crippen LogP contribution in [-0.2, 0) is 9.53 Å². The van der Waals surface area contributed by atoms with E-state index in [4.69, 9.17) is 4.74 Å². The van der Waals surface area contributed by atoms with Gasteiger partial charge in [0.05, 0.1) is 6.54 Å². The average molecular weight is 596 g/mol. The molecular weight excluding hydrogens is 554 g/mol. The maximum absolute atomic E-state index is 14.1. The zero-order chi connectivity index (χ0) is 31.3. The molecule has 8 nitrogen and oxygen atoms in total. The van der Waals surface area contributed by atoms with Crippen LogP contribution < -0.4 is 0 Å². The molecule has 0 radical (unpaired) electrons. The molecule has 2 saturated heterocycles. The minimum Gasteiger partial charge on any atom is -0.444 e. The third-order valence-corrected chi connectivity index (χ3v) is 8.39. The van der Waals surface area contributed by atoms with Crippen molar-refractivity contribution in [1.82, 2.24) is 14.7 Å². The molecule has 0 aromatic heterocycles. The standard InChI is InChI=1S/C36H41N3O5/c1-36(2,3)44-35(43)39-21-19-38(20-22-39)31(40)25-37-23-29(33(41)27-15-9-5-10-16-27)32(26-13-7-4-8-14-26)30(24-37)34(42)28-17-11-6-12-18-28/h4-18,29-30,32H,19-25H2,1-3H3. The molecule has 2 heterocycles. The largest absolute Gasteiger partial charge is 0.444 e. The maximum atomic E-state index is 14.1. The van der Waals surface area contributed by atoms with Gasteiger partial charge in [-0.25, -0.2) is 4.79 Å². The van der Waals surface area contributed by atoms with Crippen LogP contribution in [0.1, 0.15) is 53.0 Å². The molecule has 230 valence electrons. The molecule has 0 aliphatic carbocycles. The highest BCUT2D eigenvalue weighted by atomic mass is 16.6. The van der Waals surface area contributed by atoms with Crippen molar-refractivity contribution in [2.24, 2.45) is 11.8 Å². The van der Waals surface area contributed by atoms with Crippen molar-refractivity contribution in [3.05, 3.63) is 108 Å². The molecule has 3 aromatic rings. The van der Waals surface area contributed by atoms with Crippen LogP contribution in [0.5, 0.6) is 0 Å². The quantitative estimate of drug-likeness (QED) is 0.351. The first-order valence-corrected chi connectivity index (χ1v) is 15.3. The number of Topliss-reactive ketones (excluding diaryl/α,β-unsaturated/α-hetero) is 2. The van der Waals surface area contributed by atoms with Crippen LogP contribution in [0.2, 0.25) is 0 Å². The molecule has 2 amide bonds. The van der Waals surface area contributed by atoms with E-state index in [9.17, 15) is 19.2 Å². The van der Waals surface area contributed by atoms with E-state index in [1.165, 1.54) is 0 Å². The summed E-state index contributed by atoms with van der Waals surface area (Å²) in [5, 5.41) is 0. The van der Waals surface area contributed by atoms with E-state index in [0.717, 1.165) is 5.56 Å². The molecule has 0 saturated carbocycles. The summed E-state index contributed by atoms with van der Waals surface area (Å²) in [6, 6.07) is 28.2. The zero-order valence-corrected chi connectivity index (χ0v) is 25.7. The van der Waals surface area contributed by atoms with Crippen LogP contribution in [0, 0.1) is 11.8 Å². The normalized spacial score (nSPS) is 21.0. The third kappa shape index (κ3) is 7.42. The lowest BCUT2D eigenvalue weighted by Gasteiger charge is -2.43. The smallest absolute Gasteiger partial charge is 0.410 e. The Labute approximate surface area is 259 Å². The van der Waals surface area contributed by atoms with Crippen LogP contribution in [-0.4, -0.2) is 89.7 Å². The number of rotatable bonds is 7. The summed E-state index contributed by atoms with van der Waals surface area (Å²) in [5.41, 5.74) is 1.55. The number of hydrogen-bond acceptors (Lipinski definition) is 6. The van der Waals surface area contributed by atoms with Crippen LogP contribution in [0.3, 0.4) is 0 Å². The number of piperazine rings is 1. The fourth-order valence-corrected chi connectivity index (χ4v) is 6.29. The van der Waals surface area contributed by atoms with E-state index < -0.39 is 17.4 Å². The van der Waals surface area contributed by atoms with E-state index >= 15 is 0 Å². The number of carbonyl (C=O) groups excluding carboxylic acids is 4. The number of hydrogen-bond donors (Lipinski definition) is 0. The molecule has 2 fully saturated rings. The highest BCUT2D eigenvalue weighted by Gasteiger charge is 2.45. The van der Waals surface area contributed by atoms with Crippen molar-refractivity contribution in [1.29, 1.82) is 0 Å². The number of carbonyl (C=O) groups is 4. The van der Waals surface area contributed by atoms with E-state index in [2.05, 4.69) is 0 Å². The summed E-state index contributed by atoms with van der Waals surface area (Å²) < 4.78 is 5.49. The molecule has 5 rings (SSSR count). The van der Waals surface area contributed by atoms with Gasteiger partial charge in [0.1, 0.15) is 5.60 Å². The van der Waals surface area contributed by atoms with Crippen LogP contribution in [0.15, 0.2) is 91.0 Å². The molecule has 2 unspecified atom stereocenters. The maximum Gasteiger partial charge on any atom is 0.410 e. The second kappa shape index (κ2) is 13.6. The monoisotopic (exact) mass is 595 g/mol. The number of amides is 2. The zero-order valence-electron chi connectivity index (χ0n) is 25.7. The molecule has 2 atom stereocenters. The molecular formula is C36H41N3O5. The highest BCUT2D eigenvalue weighted by molar-refractivity contribution is 6.02. The van der Waals surface area contributed by atoms with E-state index in [1.54, 1.807) is 9.80 Å². The molecule has 2 aliphatic heterocycles. The summed E-state index contributed by atoms with van der Waals surface area (Å²) in [7, 11) is 0. The topological polar surface area (TPSA) is 87.2 Å². The van der Waals surface area contributed by atoms with Gasteiger partial charge in [-0.2, -0.15) is 0 Å². The van der Waals surface area contributed by atoms with Gasteiger partial charge in [-0.3, -0.25) is 19.3 Å². The molecule has 3 aromatic carbocycles. The van der Waals surface area contributed by atoms with Crippen molar-refractivity contribution in [2.75, 3.05) is 45.8 Å². The van der Waals surface area contributed by atoms with Gasteiger partial charge in [0.2, 0.25) is 5.91 Å². The molecule has 0 bridgehead atoms. The lowest BCUT2D eigenvalue weighted by atomic mass is 9.68. The summed E-state index contributed by atoms with van der Waals surface area (Å²) in [6.07, 6.45) is -0.378. The fourth-order valence-electron chi connectivity index (χ4n) is 6.29. The second-order valence-electron chi connectivity index (χ2n) is 12.7. The van der Waals surface area contributed by atoms with Gasteiger partial charge in [0, 0.05) is 68.1 Å². The molecule has 2 aliphatic rings. The minimum absolute atomic E-state index is 0.0339. The second-order valence-corrected chi connectivity index (χ2v) is 12.7. The summed E-state index contributed by atoms with van der Waals surface area (Å²) in [4.78, 5) is 59.7. The van der Waals surface area contributed by atoms with Crippen molar-refractivity contribution in [3.63, 3.8) is 0 Å². The van der Waals surface area contributed by atoms with Crippen molar-refractivity contribution < 1.29 is 23.9 Å². The highest BCUT2D eigenvalue weighted by Crippen LogP contribution is 2.40. The predicted molar refractivity (Wildman–Crippen MR) is 169 cm³/mol. The van der Waals surface area contributed by atoms with Crippen molar-refractivity contribution in [3.8, 4) is 0 Å². The SMILES string of the molecule is CC(C)(C)OC(=O)N1CCN(C(=O)CN2CC(C(=O)c3ccccc3)C(c3ccccc3)C(C(=O)c3ccccc3)C2)CC1. The minimum atomic E-state index is -0.586. The van der Waals surface area contributed by atoms with Gasteiger partial charge in [-0.1, -0.05) is 91.0 Å². The van der Waals surface area contributed by atoms with E-state index in [1.807, 2.05) is 117 Å². The van der Waals surface area contributed by atoms with Gasteiger partial charge in [-0.05, 0) is 26.3 Å². The number of piperidine rings is 1. The van der Waals surface area contributed by atoms with Gasteiger partial charge in [-0.15, -0.1) is 0 Å². The van der Waals surface area contributed by atoms with Gasteiger partial charge < -0.3 is 14.5 Å². The molecule has 0 spiro atoms. The lowest BCUT2D eigenvalue weighted by molar-refractivity contribution is -0.134. The first kappa shape index (κ1) is 31.1. The van der Waals surface area contributed by atoms with E-state index in [-0.39, 0.29) is 36.0 Å². The van der Waals surface area contributed by atoms with Gasteiger partial charge in [0.15, 0.2) is 11.6 Å². The Bertz CT molecular complexity index is 1390. The van der Waals surface area contributed by atoms with Crippen molar-refractivity contribution in [2.45, 2.75) is 32.3 Å². The van der Waals surface area contributed by atoms with Gasteiger partial charge in [0.25, 0.3) is 0 Å². The molecule has 8 heteroatoms. The Hall–Kier alpha value is -4.30. The first-order chi connectivity index (χ1) is 21.1. The van der Waals surface area contributed by atoms with Crippen molar-refractivity contribution >= 4 is 23.6 Å². The molecule has 44 heavy (non-hydrogen) atoms. The summed E-state index contributed by atoms with van der Waals surface area (Å²) >= 11 is 0. The van der Waals surface area contributed by atoms with Crippen LogP contribution in [0.4, 0.5) is 4.79 Å². The molecule has 0 N–H and O–H groups in total. The fraction of sp³-hybridized carbons (Fsp3) is 0.389. The predicted octanol–water partition coefficient (Wildman–Crippen LogP) is 5.16. The average Bonchev–Trinajstić information content (AvgIpc) is 3.04. The Morgan fingerprint density at radius 2 is 1.09 bits per heavy atom. The number of nitrogens with zero attached hydrogens (tertiary/aromatic N) is 3. The first-order valence-electron chi connectivity index (χ1n) is 15.3. The van der Waals surface area contributed by atoms with Crippen LogP contribution >= 0.6 is 0 Å². The number of ether oxygens (including phenoxy) is 1. The Morgan fingerprint density at radius 1 is 0.659 bits per heavy atom. The lowest BCUT2D eigenvalue weighted by Crippen LogP contribution is -2.56. The Kier molecular flexibility index (Phi) is 9.59. The van der Waals surface area contributed by atoms with Crippen LogP contribution in [0.25, 0.3) is 0 Å². The number of benzene rings is 3. The summed E-state index contributed by atoms with van der Waals surface area (Å²) in [5.74, 6) is -1.54. The number of ketones is 2. The number of likely N-dealkylation sites (tertiary alicyclic amines) is 1. The summed E-state index contributed by atoms with van der Waals surface area (Å²) in [6.45, 7) is 7.87. The van der Waals surface area contributed by atoms with Gasteiger partial charge >= 0.3 is 6.09 Å².